The van der Waals surface area contributed by atoms with Gasteiger partial charge in [0.2, 0.25) is 5.91 Å². The average Bonchev–Trinajstić information content (AvgIpc) is 2.85. The van der Waals surface area contributed by atoms with Gasteiger partial charge in [0.25, 0.3) is 0 Å². The van der Waals surface area contributed by atoms with Gasteiger partial charge in [-0.2, -0.15) is 0 Å². The summed E-state index contributed by atoms with van der Waals surface area (Å²) < 4.78 is 0. The van der Waals surface area contributed by atoms with Gasteiger partial charge in [0.1, 0.15) is 18.4 Å². The van der Waals surface area contributed by atoms with Crippen molar-refractivity contribution in [3.05, 3.63) is 35.4 Å². The number of nitrogens with zero attached hydrogens (tertiary/aromatic N) is 2. The van der Waals surface area contributed by atoms with Gasteiger partial charge in [-0.05, 0) is 51.8 Å². The predicted molar refractivity (Wildman–Crippen MR) is 142 cm³/mol. The van der Waals surface area contributed by atoms with E-state index in [1.807, 2.05) is 19.2 Å². The van der Waals surface area contributed by atoms with Crippen LogP contribution in [0.3, 0.4) is 0 Å². The second-order valence-electron chi connectivity index (χ2n) is 8.08. The number of carbonyl (C=O) groups is 3. The molecule has 1 atom stereocenters. The zero-order valence-corrected chi connectivity index (χ0v) is 21.2. The third kappa shape index (κ3) is 17.0. The van der Waals surface area contributed by atoms with Crippen LogP contribution >= 0.6 is 0 Å². The van der Waals surface area contributed by atoms with Crippen molar-refractivity contribution in [1.82, 2.24) is 10.6 Å². The van der Waals surface area contributed by atoms with Gasteiger partial charge in [0.05, 0.1) is 6.04 Å². The first-order valence-electron chi connectivity index (χ1n) is 12.1. The Morgan fingerprint density at radius 3 is 2.23 bits per heavy atom. The molecular formula is C25H43N7O3. The normalized spacial score (nSPS) is 12.3. The van der Waals surface area contributed by atoms with Crippen LogP contribution < -0.4 is 27.8 Å². The first-order chi connectivity index (χ1) is 16.9. The summed E-state index contributed by atoms with van der Waals surface area (Å²) in [4.78, 5) is 32.3. The molecule has 1 aromatic carbocycles. The number of rotatable bonds is 17. The quantitative estimate of drug-likeness (QED) is 0.0721. The lowest BCUT2D eigenvalue weighted by molar-refractivity contribution is -0.123. The van der Waals surface area contributed by atoms with Gasteiger partial charge in [-0.15, -0.1) is 10.2 Å². The van der Waals surface area contributed by atoms with Crippen molar-refractivity contribution in [1.29, 1.82) is 0 Å². The summed E-state index contributed by atoms with van der Waals surface area (Å²) in [5, 5.41) is 13.4. The number of hydrogen-bond acceptors (Lipinski definition) is 7. The summed E-state index contributed by atoms with van der Waals surface area (Å²) in [6.45, 7) is 3.03. The van der Waals surface area contributed by atoms with E-state index in [1.54, 1.807) is 19.1 Å². The second kappa shape index (κ2) is 21.4. The number of amides is 1. The monoisotopic (exact) mass is 489 g/mol. The zero-order valence-electron chi connectivity index (χ0n) is 21.2. The lowest BCUT2D eigenvalue weighted by atomic mass is 10.1. The van der Waals surface area contributed by atoms with Crippen LogP contribution in [0.5, 0.6) is 0 Å². The molecule has 0 radical (unpaired) electrons. The number of hydrogen-bond donors (Lipinski definition) is 5. The van der Waals surface area contributed by atoms with Gasteiger partial charge in [-0.25, -0.2) is 0 Å². The molecule has 0 bridgehead atoms. The average molecular weight is 490 g/mol. The second-order valence-corrected chi connectivity index (χ2v) is 8.08. The number of aldehydes is 2. The maximum Gasteiger partial charge on any atom is 0.237 e. The molecule has 10 heteroatoms. The van der Waals surface area contributed by atoms with Crippen molar-refractivity contribution in [3.63, 3.8) is 0 Å². The molecule has 0 saturated carbocycles. The Bertz CT molecular complexity index is 776. The third-order valence-corrected chi connectivity index (χ3v) is 5.04. The van der Waals surface area contributed by atoms with E-state index >= 15 is 0 Å². The Labute approximate surface area is 209 Å². The van der Waals surface area contributed by atoms with E-state index in [0.29, 0.717) is 31.1 Å². The standard InChI is InChI=1S/C14H29N3O2.C11H14N4O/c1-16-13(9-5-6-10-15)14(19)17-11-7-3-2-4-8-12-18;1-8(12)14-15-11(13)10-4-2-9(3-5-10)6-7-16/h12-13,16H,2-11,15H2,1H3,(H,17,19);2-5,7H,6H2,1H3,(H2,12,14)(H2,13,15). The molecule has 8 N–H and O–H groups in total. The summed E-state index contributed by atoms with van der Waals surface area (Å²) in [6.07, 6.45) is 9.68. The SMILES string of the molecule is C/C(N)=N/N=C(\N)c1ccc(CC=O)cc1.CNC(CCCCN)C(=O)NCCCCCCC=O. The summed E-state index contributed by atoms with van der Waals surface area (Å²) in [7, 11) is 1.81. The van der Waals surface area contributed by atoms with Crippen LogP contribution in [0.25, 0.3) is 0 Å². The minimum atomic E-state index is -0.110. The minimum absolute atomic E-state index is 0.0763. The molecule has 1 rings (SSSR count). The smallest absolute Gasteiger partial charge is 0.237 e. The van der Waals surface area contributed by atoms with Gasteiger partial charge in [0, 0.05) is 24.9 Å². The van der Waals surface area contributed by atoms with E-state index in [2.05, 4.69) is 20.8 Å². The largest absolute Gasteiger partial charge is 0.386 e. The number of nitrogens with two attached hydrogens (primary N) is 3. The van der Waals surface area contributed by atoms with Crippen LogP contribution in [-0.4, -0.2) is 56.3 Å². The van der Waals surface area contributed by atoms with Gasteiger partial charge in [-0.3, -0.25) is 4.79 Å². The van der Waals surface area contributed by atoms with Gasteiger partial charge >= 0.3 is 0 Å². The fourth-order valence-electron chi connectivity index (χ4n) is 3.04. The molecule has 0 saturated heterocycles. The molecule has 0 aliphatic carbocycles. The van der Waals surface area contributed by atoms with Crippen molar-refractivity contribution < 1.29 is 14.4 Å². The first kappa shape index (κ1) is 31.9. The zero-order chi connectivity index (χ0) is 26.3. The fraction of sp³-hybridized carbons (Fsp3) is 0.560. The van der Waals surface area contributed by atoms with Crippen molar-refractivity contribution in [2.75, 3.05) is 20.1 Å². The summed E-state index contributed by atoms with van der Waals surface area (Å²) in [5.41, 5.74) is 18.1. The van der Waals surface area contributed by atoms with Gasteiger partial charge < -0.3 is 37.4 Å². The Balaban J connectivity index is 0.000000669. The Kier molecular flexibility index (Phi) is 19.5. The highest BCUT2D eigenvalue weighted by molar-refractivity contribution is 5.97. The molecule has 0 heterocycles. The Morgan fingerprint density at radius 2 is 1.66 bits per heavy atom. The molecule has 0 aromatic heterocycles. The summed E-state index contributed by atoms with van der Waals surface area (Å²) in [6, 6.07) is 7.12. The predicted octanol–water partition coefficient (Wildman–Crippen LogP) is 1.39. The number of likely N-dealkylation sites (N-methyl/N-ethyl adjacent to an activating group) is 1. The fourth-order valence-corrected chi connectivity index (χ4v) is 3.04. The Hall–Kier alpha value is -3.11. The molecule has 1 amide bonds. The summed E-state index contributed by atoms with van der Waals surface area (Å²) in [5.74, 6) is 0.718. The van der Waals surface area contributed by atoms with E-state index < -0.39 is 0 Å². The van der Waals surface area contributed by atoms with Crippen LogP contribution in [0.15, 0.2) is 34.5 Å². The van der Waals surface area contributed by atoms with Crippen molar-refractivity contribution in [2.24, 2.45) is 27.4 Å². The highest BCUT2D eigenvalue weighted by Crippen LogP contribution is 2.05. The number of unbranched alkanes of at least 4 members (excludes halogenated alkanes) is 5. The highest BCUT2D eigenvalue weighted by Gasteiger charge is 2.14. The van der Waals surface area contributed by atoms with E-state index in [0.717, 1.165) is 75.2 Å². The number of nitrogens with one attached hydrogen (secondary N) is 2. The van der Waals surface area contributed by atoms with Crippen LogP contribution in [0.1, 0.15) is 69.4 Å². The van der Waals surface area contributed by atoms with E-state index in [9.17, 15) is 14.4 Å². The van der Waals surface area contributed by atoms with Crippen LogP contribution in [-0.2, 0) is 20.8 Å². The van der Waals surface area contributed by atoms with Crippen molar-refractivity contribution >= 4 is 30.2 Å². The molecule has 196 valence electrons. The van der Waals surface area contributed by atoms with Gasteiger partial charge in [-0.1, -0.05) is 43.5 Å². The lowest BCUT2D eigenvalue weighted by Crippen LogP contribution is -2.42. The molecule has 0 aliphatic heterocycles. The Morgan fingerprint density at radius 1 is 0.971 bits per heavy atom. The summed E-state index contributed by atoms with van der Waals surface area (Å²) >= 11 is 0. The molecule has 0 fully saturated rings. The molecule has 0 aliphatic rings. The number of benzene rings is 1. The minimum Gasteiger partial charge on any atom is -0.386 e. The number of amidine groups is 2. The highest BCUT2D eigenvalue weighted by atomic mass is 16.2. The van der Waals surface area contributed by atoms with Crippen LogP contribution in [0.4, 0.5) is 0 Å². The van der Waals surface area contributed by atoms with Crippen LogP contribution in [0, 0.1) is 0 Å². The van der Waals surface area contributed by atoms with Crippen LogP contribution in [0.2, 0.25) is 0 Å². The lowest BCUT2D eigenvalue weighted by Gasteiger charge is -2.15. The molecule has 1 unspecified atom stereocenters. The molecule has 10 nitrogen and oxygen atoms in total. The van der Waals surface area contributed by atoms with Crippen molar-refractivity contribution in [2.45, 2.75) is 70.8 Å². The van der Waals surface area contributed by atoms with Gasteiger partial charge in [0.15, 0.2) is 5.84 Å². The van der Waals surface area contributed by atoms with E-state index in [1.165, 1.54) is 0 Å². The topological polar surface area (TPSA) is 178 Å². The third-order valence-electron chi connectivity index (χ3n) is 5.04. The van der Waals surface area contributed by atoms with Crippen molar-refractivity contribution in [3.8, 4) is 0 Å². The molecule has 35 heavy (non-hydrogen) atoms. The first-order valence-corrected chi connectivity index (χ1v) is 12.1. The van der Waals surface area contributed by atoms with E-state index in [4.69, 9.17) is 17.2 Å². The number of carbonyl (C=O) groups excluding carboxylic acids is 3. The molecular weight excluding hydrogens is 446 g/mol. The molecule has 1 aromatic rings. The maximum atomic E-state index is 11.9. The molecule has 0 spiro atoms. The maximum absolute atomic E-state index is 11.9. The van der Waals surface area contributed by atoms with E-state index in [-0.39, 0.29) is 11.9 Å².